The Bertz CT molecular complexity index is 1330. The molecule has 2 aromatic carbocycles. The van der Waals surface area contributed by atoms with Gasteiger partial charge in [0.2, 0.25) is 0 Å². The van der Waals surface area contributed by atoms with Crippen LogP contribution in [0.4, 0.5) is 17.6 Å². The Morgan fingerprint density at radius 3 is 2.29 bits per heavy atom. The van der Waals surface area contributed by atoms with Crippen LogP contribution in [0.2, 0.25) is 10.0 Å². The number of carboxylic acid groups (broad SMARTS) is 1. The van der Waals surface area contributed by atoms with Gasteiger partial charge >= 0.3 is 12.1 Å². The third-order valence-electron chi connectivity index (χ3n) is 8.12. The summed E-state index contributed by atoms with van der Waals surface area (Å²) in [5, 5.41) is 9.78. The molecule has 2 heterocycles. The lowest BCUT2D eigenvalue weighted by Gasteiger charge is -2.38. The van der Waals surface area contributed by atoms with Crippen molar-refractivity contribution in [3.63, 3.8) is 0 Å². The average Bonchev–Trinajstić information content (AvgIpc) is 3.67. The van der Waals surface area contributed by atoms with E-state index in [1.165, 1.54) is 36.1 Å². The van der Waals surface area contributed by atoms with Crippen LogP contribution in [-0.2, 0) is 9.53 Å². The number of halogens is 6. The third-order valence-corrected chi connectivity index (χ3v) is 8.55. The lowest BCUT2D eigenvalue weighted by atomic mass is 9.94. The molecule has 0 radical (unpaired) electrons. The summed E-state index contributed by atoms with van der Waals surface area (Å²) in [5.41, 5.74) is 0.395. The number of nitrogens with zero attached hydrogens (tertiary/aromatic N) is 2. The lowest BCUT2D eigenvalue weighted by molar-refractivity contribution is -0.190. The number of hydrogen-bond donors (Lipinski definition) is 1. The summed E-state index contributed by atoms with van der Waals surface area (Å²) in [5.74, 6) is -2.54. The molecule has 1 N–H and O–H groups in total. The summed E-state index contributed by atoms with van der Waals surface area (Å²) in [6, 6.07) is 3.45. The Balaban J connectivity index is 1.26. The minimum Gasteiger partial charge on any atom is -0.493 e. The first kappa shape index (κ1) is 30.8. The first-order valence-corrected chi connectivity index (χ1v) is 14.5. The number of carbonyl (C=O) groups is 2. The molecule has 0 aromatic heterocycles. The summed E-state index contributed by atoms with van der Waals surface area (Å²) in [6.07, 6.45) is -2.73. The minimum absolute atomic E-state index is 0.0153. The quantitative estimate of drug-likeness (QED) is 0.327. The van der Waals surface area contributed by atoms with E-state index < -0.39 is 42.1 Å². The van der Waals surface area contributed by atoms with E-state index in [-0.39, 0.29) is 65.2 Å². The molecule has 13 heteroatoms. The minimum atomic E-state index is -4.53. The molecule has 3 atom stereocenters. The summed E-state index contributed by atoms with van der Waals surface area (Å²) in [7, 11) is 0. The third kappa shape index (κ3) is 6.64. The molecule has 3 aliphatic rings. The Labute approximate surface area is 250 Å². The Morgan fingerprint density at radius 2 is 1.71 bits per heavy atom. The summed E-state index contributed by atoms with van der Waals surface area (Å²) < 4.78 is 68.9. The van der Waals surface area contributed by atoms with Crippen molar-refractivity contribution < 1.29 is 41.7 Å². The zero-order valence-electron chi connectivity index (χ0n) is 22.7. The number of aliphatic carboxylic acids is 1. The number of alkyl halides is 3. The molecule has 2 saturated heterocycles. The van der Waals surface area contributed by atoms with E-state index >= 15 is 4.39 Å². The molecule has 228 valence electrons. The van der Waals surface area contributed by atoms with E-state index in [9.17, 15) is 27.9 Å². The molecule has 3 fully saturated rings. The monoisotopic (exact) mass is 632 g/mol. The highest BCUT2D eigenvalue weighted by Crippen LogP contribution is 2.46. The van der Waals surface area contributed by atoms with Gasteiger partial charge < -0.3 is 14.6 Å². The van der Waals surface area contributed by atoms with Gasteiger partial charge in [0.05, 0.1) is 18.3 Å². The zero-order chi connectivity index (χ0) is 30.3. The van der Waals surface area contributed by atoms with Gasteiger partial charge in [-0.2, -0.15) is 13.2 Å². The van der Waals surface area contributed by atoms with Gasteiger partial charge in [-0.05, 0) is 92.9 Å². The SMILES string of the molecule is C[C@H]1OCN(C(=O)c2cc(C3CC3)c(OCC3CCN([C@H](c4cc(Cl)cc(Cl)c4)C(F)(F)F)CC3)cc2F)[C@@H]1C(=O)O. The fraction of sp³-hybridized carbons (Fsp3) is 0.517. The van der Waals surface area contributed by atoms with Crippen LogP contribution >= 0.6 is 23.2 Å². The highest BCUT2D eigenvalue weighted by atomic mass is 35.5. The van der Waals surface area contributed by atoms with Crippen molar-refractivity contribution in [1.82, 2.24) is 9.80 Å². The molecule has 1 aliphatic carbocycles. The van der Waals surface area contributed by atoms with E-state index in [2.05, 4.69) is 0 Å². The summed E-state index contributed by atoms with van der Waals surface area (Å²) in [6.45, 7) is 1.79. The number of piperidine rings is 1. The molecular weight excluding hydrogens is 603 g/mol. The predicted octanol–water partition coefficient (Wildman–Crippen LogP) is 6.68. The topological polar surface area (TPSA) is 79.3 Å². The Morgan fingerprint density at radius 1 is 1.07 bits per heavy atom. The van der Waals surface area contributed by atoms with E-state index in [4.69, 9.17) is 32.7 Å². The summed E-state index contributed by atoms with van der Waals surface area (Å²) >= 11 is 12.0. The fourth-order valence-electron chi connectivity index (χ4n) is 5.80. The van der Waals surface area contributed by atoms with Crippen LogP contribution in [0.25, 0.3) is 0 Å². The van der Waals surface area contributed by atoms with Gasteiger partial charge in [-0.15, -0.1) is 0 Å². The molecular formula is C29H30Cl2F4N2O5. The van der Waals surface area contributed by atoms with Crippen molar-refractivity contribution in [3.8, 4) is 5.75 Å². The van der Waals surface area contributed by atoms with Gasteiger partial charge in [0.15, 0.2) is 6.04 Å². The standard InChI is InChI=1S/C29H30Cl2F4N2O5/c1-15-25(28(39)40)37(14-42-15)27(38)22-11-21(17-2-3-17)24(12-23(22)32)41-13-16-4-6-36(7-5-16)26(29(33,34)35)18-8-19(30)10-20(31)9-18/h8-12,15-17,25-26H,2-7,13-14H2,1H3,(H,39,40)/t15-,25+,26-/m1/s1. The maximum absolute atomic E-state index is 15.2. The van der Waals surface area contributed by atoms with Crippen LogP contribution in [-0.4, -0.2) is 71.5 Å². The Hall–Kier alpha value is -2.60. The zero-order valence-corrected chi connectivity index (χ0v) is 24.2. The molecule has 42 heavy (non-hydrogen) atoms. The van der Waals surface area contributed by atoms with Gasteiger partial charge in [0.1, 0.15) is 24.3 Å². The number of rotatable bonds is 8. The van der Waals surface area contributed by atoms with Crippen molar-refractivity contribution in [1.29, 1.82) is 0 Å². The van der Waals surface area contributed by atoms with Gasteiger partial charge in [-0.3, -0.25) is 14.6 Å². The van der Waals surface area contributed by atoms with Crippen molar-refractivity contribution in [3.05, 3.63) is 62.9 Å². The number of amides is 1. The van der Waals surface area contributed by atoms with Gasteiger partial charge in [0, 0.05) is 16.1 Å². The van der Waals surface area contributed by atoms with Crippen molar-refractivity contribution in [2.75, 3.05) is 26.4 Å². The van der Waals surface area contributed by atoms with Crippen LogP contribution in [0.5, 0.6) is 5.75 Å². The number of carbonyl (C=O) groups excluding carboxylic acids is 1. The largest absolute Gasteiger partial charge is 0.493 e. The van der Waals surface area contributed by atoms with Crippen molar-refractivity contribution in [2.45, 2.75) is 62.9 Å². The van der Waals surface area contributed by atoms with Gasteiger partial charge in [0.25, 0.3) is 5.91 Å². The first-order valence-electron chi connectivity index (χ1n) is 13.7. The smallest absolute Gasteiger partial charge is 0.408 e. The van der Waals surface area contributed by atoms with Gasteiger partial charge in [-0.25, -0.2) is 9.18 Å². The number of benzene rings is 2. The number of likely N-dealkylation sites (tertiary alicyclic amines) is 1. The normalized spacial score (nSPS) is 22.8. The molecule has 2 aromatic rings. The molecule has 5 rings (SSSR count). The molecule has 1 saturated carbocycles. The predicted molar refractivity (Wildman–Crippen MR) is 146 cm³/mol. The molecule has 0 spiro atoms. The van der Waals surface area contributed by atoms with Crippen LogP contribution in [0.15, 0.2) is 30.3 Å². The molecule has 1 amide bonds. The van der Waals surface area contributed by atoms with Crippen LogP contribution in [0.1, 0.15) is 66.1 Å². The average molecular weight is 633 g/mol. The highest BCUT2D eigenvalue weighted by molar-refractivity contribution is 6.34. The second-order valence-electron chi connectivity index (χ2n) is 11.1. The molecule has 7 nitrogen and oxygen atoms in total. The molecule has 0 bridgehead atoms. The van der Waals surface area contributed by atoms with Crippen LogP contribution < -0.4 is 4.74 Å². The maximum Gasteiger partial charge on any atom is 0.408 e. The van der Waals surface area contributed by atoms with E-state index in [1.807, 2.05) is 0 Å². The van der Waals surface area contributed by atoms with Gasteiger partial charge in [-0.1, -0.05) is 23.2 Å². The first-order chi connectivity index (χ1) is 19.8. The van der Waals surface area contributed by atoms with Crippen LogP contribution in [0, 0.1) is 11.7 Å². The Kier molecular flexibility index (Phi) is 8.95. The van der Waals surface area contributed by atoms with E-state index in [1.54, 1.807) is 0 Å². The second-order valence-corrected chi connectivity index (χ2v) is 12.0. The number of carboxylic acids is 1. The van der Waals surface area contributed by atoms with Crippen molar-refractivity contribution >= 4 is 35.1 Å². The highest BCUT2D eigenvalue weighted by Gasteiger charge is 2.46. The molecule has 0 unspecified atom stereocenters. The van der Waals surface area contributed by atoms with E-state index in [0.29, 0.717) is 18.4 Å². The molecule has 2 aliphatic heterocycles. The van der Waals surface area contributed by atoms with Crippen LogP contribution in [0.3, 0.4) is 0 Å². The van der Waals surface area contributed by atoms with Crippen molar-refractivity contribution in [2.24, 2.45) is 5.92 Å². The maximum atomic E-state index is 15.2. The second kappa shape index (κ2) is 12.2. The lowest BCUT2D eigenvalue weighted by Crippen LogP contribution is -2.44. The van der Waals surface area contributed by atoms with E-state index in [0.717, 1.165) is 23.8 Å². The number of hydrogen-bond acceptors (Lipinski definition) is 5. The number of ether oxygens (including phenoxy) is 2. The summed E-state index contributed by atoms with van der Waals surface area (Å²) in [4.78, 5) is 27.2. The fourth-order valence-corrected chi connectivity index (χ4v) is 6.34.